The largest absolute Gasteiger partial charge is 0.331 e. The molecule has 0 saturated heterocycles. The topological polar surface area (TPSA) is 87.3 Å². The van der Waals surface area contributed by atoms with E-state index in [-0.39, 0.29) is 29.3 Å². The van der Waals surface area contributed by atoms with Crippen molar-refractivity contribution in [3.05, 3.63) is 95.1 Å². The van der Waals surface area contributed by atoms with Crippen molar-refractivity contribution in [2.45, 2.75) is 36.3 Å². The number of hydrogen-bond donors (Lipinski definition) is 3. The first kappa shape index (κ1) is 22.9. The Balaban J connectivity index is 1.40. The first-order chi connectivity index (χ1) is 15.8. The zero-order chi connectivity index (χ0) is 23.4. The standard InChI is InChI=1S/C25H26FN3O3S/c1-17(19-5-3-2-4-6-19)28-25(30)29-21-9-11-22(12-10-21)33(31,32)16-18-7-8-20-14-27-15-24(26)23(20)13-18/h2-13,17,24,27H,14-16H2,1H3,(H2,28,29,30)/t17-,24?/m1/s1. The van der Waals surface area contributed by atoms with Crippen LogP contribution in [-0.2, 0) is 22.1 Å². The molecule has 3 aromatic carbocycles. The van der Waals surface area contributed by atoms with Crippen LogP contribution in [0.15, 0.2) is 77.7 Å². The van der Waals surface area contributed by atoms with Crippen LogP contribution in [0.5, 0.6) is 0 Å². The molecule has 1 aliphatic heterocycles. The lowest BCUT2D eigenvalue weighted by Crippen LogP contribution is -2.31. The second-order valence-corrected chi connectivity index (χ2v) is 10.1. The van der Waals surface area contributed by atoms with Gasteiger partial charge >= 0.3 is 6.03 Å². The van der Waals surface area contributed by atoms with Gasteiger partial charge in [-0.05, 0) is 53.4 Å². The highest BCUT2D eigenvalue weighted by Gasteiger charge is 2.22. The van der Waals surface area contributed by atoms with Crippen LogP contribution in [0.4, 0.5) is 14.9 Å². The third kappa shape index (κ3) is 5.58. The van der Waals surface area contributed by atoms with Crippen molar-refractivity contribution in [2.24, 2.45) is 0 Å². The smallest absolute Gasteiger partial charge is 0.319 e. The number of carbonyl (C=O) groups excluding carboxylic acids is 1. The molecule has 0 aromatic heterocycles. The van der Waals surface area contributed by atoms with Crippen molar-refractivity contribution in [1.29, 1.82) is 0 Å². The average Bonchev–Trinajstić information content (AvgIpc) is 2.80. The second-order valence-electron chi connectivity index (χ2n) is 8.15. The first-order valence-electron chi connectivity index (χ1n) is 10.7. The summed E-state index contributed by atoms with van der Waals surface area (Å²) in [5.74, 6) is -0.220. The zero-order valence-corrected chi connectivity index (χ0v) is 19.0. The Morgan fingerprint density at radius 2 is 1.82 bits per heavy atom. The molecule has 0 spiro atoms. The number of nitrogens with one attached hydrogen (secondary N) is 3. The van der Waals surface area contributed by atoms with Gasteiger partial charge in [0.25, 0.3) is 0 Å². The third-order valence-corrected chi connectivity index (χ3v) is 7.37. The van der Waals surface area contributed by atoms with Gasteiger partial charge in [0.1, 0.15) is 6.17 Å². The Bertz CT molecular complexity index is 1230. The maximum absolute atomic E-state index is 14.2. The maximum atomic E-state index is 14.2. The maximum Gasteiger partial charge on any atom is 0.319 e. The SMILES string of the molecule is C[C@@H](NC(=O)Nc1ccc(S(=O)(=O)Cc2ccc3c(c2)C(F)CNC3)cc1)c1ccccc1. The number of anilines is 1. The summed E-state index contributed by atoms with van der Waals surface area (Å²) >= 11 is 0. The Morgan fingerprint density at radius 3 is 2.55 bits per heavy atom. The Kier molecular flexibility index (Phi) is 6.76. The van der Waals surface area contributed by atoms with Gasteiger partial charge in [-0.1, -0.05) is 48.5 Å². The minimum absolute atomic E-state index is 0.141. The number of hydrogen-bond acceptors (Lipinski definition) is 4. The van der Waals surface area contributed by atoms with Crippen LogP contribution >= 0.6 is 0 Å². The molecule has 0 fully saturated rings. The minimum atomic E-state index is -3.62. The molecule has 1 aliphatic rings. The lowest BCUT2D eigenvalue weighted by molar-refractivity contribution is 0.249. The Labute approximate surface area is 193 Å². The molecule has 3 N–H and O–H groups in total. The number of alkyl halides is 1. The fourth-order valence-electron chi connectivity index (χ4n) is 3.87. The molecule has 8 heteroatoms. The Morgan fingerprint density at radius 1 is 1.09 bits per heavy atom. The van der Waals surface area contributed by atoms with Crippen LogP contribution in [0.2, 0.25) is 0 Å². The molecule has 6 nitrogen and oxygen atoms in total. The molecular weight excluding hydrogens is 441 g/mol. The molecule has 1 unspecified atom stereocenters. The molecule has 1 heterocycles. The van der Waals surface area contributed by atoms with Crippen LogP contribution in [0.3, 0.4) is 0 Å². The summed E-state index contributed by atoms with van der Waals surface area (Å²) in [4.78, 5) is 12.4. The molecule has 172 valence electrons. The van der Waals surface area contributed by atoms with E-state index < -0.39 is 16.0 Å². The van der Waals surface area contributed by atoms with Crippen LogP contribution in [0.1, 0.15) is 41.4 Å². The monoisotopic (exact) mass is 467 g/mol. The van der Waals surface area contributed by atoms with E-state index in [0.29, 0.717) is 23.4 Å². The van der Waals surface area contributed by atoms with Crippen molar-refractivity contribution in [3.8, 4) is 0 Å². The van der Waals surface area contributed by atoms with Gasteiger partial charge in [0.05, 0.1) is 16.7 Å². The second kappa shape index (κ2) is 9.72. The van der Waals surface area contributed by atoms with E-state index in [1.807, 2.05) is 37.3 Å². The quantitative estimate of drug-likeness (QED) is 0.492. The fourth-order valence-corrected chi connectivity index (χ4v) is 5.20. The van der Waals surface area contributed by atoms with E-state index in [9.17, 15) is 17.6 Å². The van der Waals surface area contributed by atoms with Gasteiger partial charge < -0.3 is 16.0 Å². The van der Waals surface area contributed by atoms with Crippen LogP contribution in [-0.4, -0.2) is 21.0 Å². The molecule has 2 amide bonds. The van der Waals surface area contributed by atoms with Gasteiger partial charge in [0, 0.05) is 18.8 Å². The minimum Gasteiger partial charge on any atom is -0.331 e. The van der Waals surface area contributed by atoms with Crippen LogP contribution in [0, 0.1) is 0 Å². The van der Waals surface area contributed by atoms with Gasteiger partial charge in [-0.3, -0.25) is 0 Å². The van der Waals surface area contributed by atoms with Crippen molar-refractivity contribution in [1.82, 2.24) is 10.6 Å². The molecule has 0 bridgehead atoms. The lowest BCUT2D eigenvalue weighted by Gasteiger charge is -2.21. The van der Waals surface area contributed by atoms with Crippen molar-refractivity contribution in [3.63, 3.8) is 0 Å². The molecule has 33 heavy (non-hydrogen) atoms. The van der Waals surface area contributed by atoms with Gasteiger partial charge in [-0.15, -0.1) is 0 Å². The summed E-state index contributed by atoms with van der Waals surface area (Å²) in [6, 6.07) is 20.2. The van der Waals surface area contributed by atoms with E-state index in [1.165, 1.54) is 12.1 Å². The predicted molar refractivity (Wildman–Crippen MR) is 126 cm³/mol. The van der Waals surface area contributed by atoms with Crippen LogP contribution in [0.25, 0.3) is 0 Å². The van der Waals surface area contributed by atoms with Crippen molar-refractivity contribution in [2.75, 3.05) is 11.9 Å². The van der Waals surface area contributed by atoms with E-state index in [4.69, 9.17) is 0 Å². The highest BCUT2D eigenvalue weighted by molar-refractivity contribution is 7.90. The molecule has 4 rings (SSSR count). The van der Waals surface area contributed by atoms with Crippen molar-refractivity contribution < 1.29 is 17.6 Å². The van der Waals surface area contributed by atoms with Gasteiger partial charge in [0.2, 0.25) is 0 Å². The number of amides is 2. The predicted octanol–water partition coefficient (Wildman–Crippen LogP) is 4.66. The summed E-state index contributed by atoms with van der Waals surface area (Å²) in [5, 5.41) is 8.56. The summed E-state index contributed by atoms with van der Waals surface area (Å²) in [7, 11) is -3.62. The third-order valence-electron chi connectivity index (χ3n) is 5.66. The molecule has 0 aliphatic carbocycles. The summed E-state index contributed by atoms with van der Waals surface area (Å²) in [6.45, 7) is 2.69. The average molecular weight is 468 g/mol. The van der Waals surface area contributed by atoms with Gasteiger partial charge in [-0.25, -0.2) is 17.6 Å². The number of benzene rings is 3. The van der Waals surface area contributed by atoms with E-state index >= 15 is 0 Å². The Hall–Kier alpha value is -3.23. The summed E-state index contributed by atoms with van der Waals surface area (Å²) in [6.07, 6.45) is -1.14. The number of sulfone groups is 1. The number of rotatable bonds is 6. The molecule has 2 atom stereocenters. The van der Waals surface area contributed by atoms with Crippen LogP contribution < -0.4 is 16.0 Å². The fraction of sp³-hybridized carbons (Fsp3) is 0.240. The molecule has 0 radical (unpaired) electrons. The molecule has 0 saturated carbocycles. The number of urea groups is 1. The van der Waals surface area contributed by atoms with Gasteiger partial charge in [-0.2, -0.15) is 0 Å². The van der Waals surface area contributed by atoms with E-state index in [1.54, 1.807) is 30.3 Å². The summed E-state index contributed by atoms with van der Waals surface area (Å²) in [5.41, 5.74) is 3.41. The lowest BCUT2D eigenvalue weighted by atomic mass is 9.98. The molecule has 3 aromatic rings. The number of halogens is 1. The molecular formula is C25H26FN3O3S. The van der Waals surface area contributed by atoms with Crippen molar-refractivity contribution >= 4 is 21.6 Å². The summed E-state index contributed by atoms with van der Waals surface area (Å²) < 4.78 is 39.9. The highest BCUT2D eigenvalue weighted by Crippen LogP contribution is 2.28. The van der Waals surface area contributed by atoms with Gasteiger partial charge in [0.15, 0.2) is 9.84 Å². The van der Waals surface area contributed by atoms with E-state index in [2.05, 4.69) is 16.0 Å². The normalized spacial score (nSPS) is 16.5. The highest BCUT2D eigenvalue weighted by atomic mass is 32.2. The number of fused-ring (bicyclic) bond motifs is 1. The van der Waals surface area contributed by atoms with E-state index in [0.717, 1.165) is 11.1 Å². The number of carbonyl (C=O) groups is 1. The first-order valence-corrected chi connectivity index (χ1v) is 12.4. The zero-order valence-electron chi connectivity index (χ0n) is 18.2.